The number of rotatable bonds is 1. The first-order chi connectivity index (χ1) is 5.88. The van der Waals surface area contributed by atoms with Gasteiger partial charge in [-0.15, -0.1) is 0 Å². The summed E-state index contributed by atoms with van der Waals surface area (Å²) in [6.45, 7) is 0. The topological polar surface area (TPSA) is 17.8 Å². The van der Waals surface area contributed by atoms with Gasteiger partial charge in [0.15, 0.2) is 0 Å². The molecule has 1 heterocycles. The molecule has 0 saturated heterocycles. The lowest BCUT2D eigenvalue weighted by Crippen LogP contribution is -2.15. The summed E-state index contributed by atoms with van der Waals surface area (Å²) in [5.41, 5.74) is 0. The summed E-state index contributed by atoms with van der Waals surface area (Å²) in [4.78, 5) is 0. The van der Waals surface area contributed by atoms with E-state index in [0.29, 0.717) is 6.04 Å². The third kappa shape index (κ3) is 1.36. The molecule has 1 aliphatic carbocycles. The van der Waals surface area contributed by atoms with Crippen molar-refractivity contribution in [3.63, 3.8) is 0 Å². The molecular formula is C9H13FN2. The van der Waals surface area contributed by atoms with Crippen molar-refractivity contribution in [1.82, 2.24) is 9.78 Å². The van der Waals surface area contributed by atoms with Crippen LogP contribution in [0.15, 0.2) is 12.3 Å². The average Bonchev–Trinajstić information content (AvgIpc) is 2.53. The molecule has 1 saturated carbocycles. The van der Waals surface area contributed by atoms with E-state index in [1.54, 1.807) is 0 Å². The molecule has 0 aliphatic heterocycles. The molecule has 0 spiro atoms. The van der Waals surface area contributed by atoms with E-state index in [1.807, 2.05) is 0 Å². The van der Waals surface area contributed by atoms with Gasteiger partial charge in [-0.05, 0) is 12.8 Å². The fourth-order valence-corrected chi connectivity index (χ4v) is 1.89. The predicted octanol–water partition coefficient (Wildman–Crippen LogP) is 2.53. The van der Waals surface area contributed by atoms with E-state index in [0.717, 1.165) is 12.8 Å². The average molecular weight is 168 g/mol. The van der Waals surface area contributed by atoms with Gasteiger partial charge in [0.2, 0.25) is 5.95 Å². The van der Waals surface area contributed by atoms with Crippen molar-refractivity contribution in [3.8, 4) is 0 Å². The standard InChI is InChI=1S/C9H13FN2/c10-9-6-7-11-12(9)8-4-2-1-3-5-8/h6-8H,1-5H2. The van der Waals surface area contributed by atoms with Crippen LogP contribution in [0.3, 0.4) is 0 Å². The van der Waals surface area contributed by atoms with Crippen molar-refractivity contribution in [2.24, 2.45) is 0 Å². The molecule has 0 bridgehead atoms. The zero-order valence-electron chi connectivity index (χ0n) is 7.04. The molecule has 3 heteroatoms. The maximum Gasteiger partial charge on any atom is 0.211 e. The summed E-state index contributed by atoms with van der Waals surface area (Å²) in [6.07, 6.45) is 7.41. The van der Waals surface area contributed by atoms with Gasteiger partial charge in [-0.2, -0.15) is 9.49 Å². The van der Waals surface area contributed by atoms with Crippen LogP contribution in [0.1, 0.15) is 38.1 Å². The van der Waals surface area contributed by atoms with Gasteiger partial charge in [-0.3, -0.25) is 0 Å². The summed E-state index contributed by atoms with van der Waals surface area (Å²) in [6, 6.07) is 1.74. The Balaban J connectivity index is 2.13. The van der Waals surface area contributed by atoms with Crippen molar-refractivity contribution in [3.05, 3.63) is 18.2 Å². The number of aromatic nitrogens is 2. The molecule has 1 aliphatic rings. The van der Waals surface area contributed by atoms with Gasteiger partial charge in [0.1, 0.15) is 0 Å². The SMILES string of the molecule is Fc1ccnn1C1CCCCC1. The van der Waals surface area contributed by atoms with Crippen molar-refractivity contribution in [2.75, 3.05) is 0 Å². The first kappa shape index (κ1) is 7.77. The molecule has 0 aromatic carbocycles. The first-order valence-electron chi connectivity index (χ1n) is 4.57. The number of hydrogen-bond acceptors (Lipinski definition) is 1. The second-order valence-electron chi connectivity index (χ2n) is 3.39. The van der Waals surface area contributed by atoms with Gasteiger partial charge in [0.25, 0.3) is 0 Å². The highest BCUT2D eigenvalue weighted by atomic mass is 19.1. The van der Waals surface area contributed by atoms with Gasteiger partial charge in [-0.1, -0.05) is 19.3 Å². The Morgan fingerprint density at radius 3 is 2.67 bits per heavy atom. The van der Waals surface area contributed by atoms with Crippen LogP contribution in [0.4, 0.5) is 4.39 Å². The third-order valence-electron chi connectivity index (χ3n) is 2.54. The van der Waals surface area contributed by atoms with Gasteiger partial charge in [0.05, 0.1) is 12.2 Å². The zero-order valence-corrected chi connectivity index (χ0v) is 7.04. The molecule has 0 radical (unpaired) electrons. The molecule has 0 unspecified atom stereocenters. The van der Waals surface area contributed by atoms with E-state index in [9.17, 15) is 4.39 Å². The van der Waals surface area contributed by atoms with Crippen LogP contribution in [-0.4, -0.2) is 9.78 Å². The van der Waals surface area contributed by atoms with E-state index in [-0.39, 0.29) is 5.95 Å². The van der Waals surface area contributed by atoms with E-state index in [4.69, 9.17) is 0 Å². The molecule has 2 nitrogen and oxygen atoms in total. The van der Waals surface area contributed by atoms with E-state index >= 15 is 0 Å². The number of nitrogens with zero attached hydrogens (tertiary/aromatic N) is 2. The second kappa shape index (κ2) is 3.25. The molecule has 1 aromatic rings. The minimum atomic E-state index is -0.193. The largest absolute Gasteiger partial charge is 0.237 e. The Labute approximate surface area is 71.4 Å². The Bertz CT molecular complexity index is 251. The van der Waals surface area contributed by atoms with Crippen molar-refractivity contribution >= 4 is 0 Å². The summed E-state index contributed by atoms with van der Waals surface area (Å²) in [5.74, 6) is -0.193. The van der Waals surface area contributed by atoms with E-state index in [1.165, 1.54) is 36.2 Å². The van der Waals surface area contributed by atoms with Gasteiger partial charge < -0.3 is 0 Å². The van der Waals surface area contributed by atoms with Crippen LogP contribution in [0.25, 0.3) is 0 Å². The number of hydrogen-bond donors (Lipinski definition) is 0. The summed E-state index contributed by atoms with van der Waals surface area (Å²) in [5, 5.41) is 3.98. The normalized spacial score (nSPS) is 19.8. The Hall–Kier alpha value is -0.860. The van der Waals surface area contributed by atoms with E-state index < -0.39 is 0 Å². The first-order valence-corrected chi connectivity index (χ1v) is 4.57. The van der Waals surface area contributed by atoms with Gasteiger partial charge >= 0.3 is 0 Å². The van der Waals surface area contributed by atoms with Crippen LogP contribution in [0, 0.1) is 5.95 Å². The molecule has 0 N–H and O–H groups in total. The second-order valence-corrected chi connectivity index (χ2v) is 3.39. The molecular weight excluding hydrogens is 155 g/mol. The highest BCUT2D eigenvalue weighted by Gasteiger charge is 2.17. The van der Waals surface area contributed by atoms with Crippen molar-refractivity contribution in [1.29, 1.82) is 0 Å². The maximum atomic E-state index is 13.0. The Kier molecular flexibility index (Phi) is 2.11. The van der Waals surface area contributed by atoms with Crippen LogP contribution >= 0.6 is 0 Å². The summed E-state index contributed by atoms with van der Waals surface area (Å²) < 4.78 is 14.6. The maximum absolute atomic E-state index is 13.0. The molecule has 1 aromatic heterocycles. The minimum absolute atomic E-state index is 0.193. The molecule has 0 amide bonds. The highest BCUT2D eigenvalue weighted by molar-refractivity contribution is 4.86. The lowest BCUT2D eigenvalue weighted by molar-refractivity contribution is 0.293. The fraction of sp³-hybridized carbons (Fsp3) is 0.667. The summed E-state index contributed by atoms with van der Waals surface area (Å²) in [7, 11) is 0. The molecule has 0 atom stereocenters. The zero-order chi connectivity index (χ0) is 8.39. The Morgan fingerprint density at radius 1 is 1.33 bits per heavy atom. The monoisotopic (exact) mass is 168 g/mol. The van der Waals surface area contributed by atoms with Crippen LogP contribution in [0.5, 0.6) is 0 Å². The van der Waals surface area contributed by atoms with Gasteiger partial charge in [0, 0.05) is 6.07 Å². The van der Waals surface area contributed by atoms with Crippen LogP contribution < -0.4 is 0 Å². The number of halogens is 1. The molecule has 1 fully saturated rings. The fourth-order valence-electron chi connectivity index (χ4n) is 1.89. The van der Waals surface area contributed by atoms with Gasteiger partial charge in [-0.25, -0.2) is 4.68 Å². The van der Waals surface area contributed by atoms with E-state index in [2.05, 4.69) is 5.10 Å². The predicted molar refractivity (Wildman–Crippen MR) is 44.3 cm³/mol. The summed E-state index contributed by atoms with van der Waals surface area (Å²) >= 11 is 0. The van der Waals surface area contributed by atoms with Crippen LogP contribution in [-0.2, 0) is 0 Å². The third-order valence-corrected chi connectivity index (χ3v) is 2.54. The highest BCUT2D eigenvalue weighted by Crippen LogP contribution is 2.27. The smallest absolute Gasteiger partial charge is 0.211 e. The molecule has 2 rings (SSSR count). The minimum Gasteiger partial charge on any atom is -0.237 e. The van der Waals surface area contributed by atoms with Crippen molar-refractivity contribution < 1.29 is 4.39 Å². The van der Waals surface area contributed by atoms with Crippen molar-refractivity contribution in [2.45, 2.75) is 38.1 Å². The van der Waals surface area contributed by atoms with Crippen LogP contribution in [0.2, 0.25) is 0 Å². The lowest BCUT2D eigenvalue weighted by Gasteiger charge is -2.21. The quantitative estimate of drug-likeness (QED) is 0.630. The Morgan fingerprint density at radius 2 is 2.08 bits per heavy atom. The lowest BCUT2D eigenvalue weighted by atomic mass is 9.96. The molecule has 66 valence electrons. The molecule has 12 heavy (non-hydrogen) atoms.